The van der Waals surface area contributed by atoms with E-state index >= 15 is 0 Å². The standard InChI is InChI=1S/C62H109NO5/c1-4-7-10-13-16-19-22-25-27-29-30-32-34-37-40-43-46-49-52-55-62(67)68-58(53-50-47-44-41-38-36-33-31-28-26-23-20-17-14-11-8-5-2)56-61(66)63-59(57-64)60(65)54-51-48-45-42-39-35-24-21-18-15-12-9-6-3/h7,10,16-17,19-20,25-28,30,32,37,40,58-60,64-65H,4-6,8-9,11-15,18,21-24,29,31,33-36,38-39,41-57H2,1-3H3,(H,63,66)/b10-7-,19-16-,20-17-,27-25-,28-26-,32-30-,40-37-. The summed E-state index contributed by atoms with van der Waals surface area (Å²) in [7, 11) is 0. The third kappa shape index (κ3) is 49.5. The lowest BCUT2D eigenvalue weighted by atomic mass is 10.0. The summed E-state index contributed by atoms with van der Waals surface area (Å²) in [6, 6.07) is -0.716. The van der Waals surface area contributed by atoms with E-state index in [1.807, 2.05) is 0 Å². The van der Waals surface area contributed by atoms with Crippen molar-refractivity contribution in [1.82, 2.24) is 5.32 Å². The van der Waals surface area contributed by atoms with Gasteiger partial charge in [-0.3, -0.25) is 9.59 Å². The fourth-order valence-corrected chi connectivity index (χ4v) is 8.37. The molecule has 0 heterocycles. The zero-order chi connectivity index (χ0) is 49.5. The first-order valence-corrected chi connectivity index (χ1v) is 28.8. The van der Waals surface area contributed by atoms with Gasteiger partial charge < -0.3 is 20.3 Å². The second-order valence-electron chi connectivity index (χ2n) is 19.3. The van der Waals surface area contributed by atoms with Crippen LogP contribution in [0.1, 0.15) is 271 Å². The molecule has 0 aromatic heterocycles. The molecule has 0 bridgehead atoms. The molecule has 0 saturated heterocycles. The Morgan fingerprint density at radius 2 is 0.794 bits per heavy atom. The van der Waals surface area contributed by atoms with Gasteiger partial charge in [-0.05, 0) is 103 Å². The highest BCUT2D eigenvalue weighted by Gasteiger charge is 2.24. The fraction of sp³-hybridized carbons (Fsp3) is 0.742. The Bertz CT molecular complexity index is 1290. The Hall–Kier alpha value is -2.96. The predicted octanol–water partition coefficient (Wildman–Crippen LogP) is 17.9. The summed E-state index contributed by atoms with van der Waals surface area (Å²) in [6.07, 6.45) is 72.1. The van der Waals surface area contributed by atoms with Gasteiger partial charge in [0, 0.05) is 6.42 Å². The highest BCUT2D eigenvalue weighted by atomic mass is 16.5. The fourth-order valence-electron chi connectivity index (χ4n) is 8.37. The number of allylic oxidation sites excluding steroid dienone is 14. The minimum Gasteiger partial charge on any atom is -0.462 e. The molecule has 0 saturated carbocycles. The number of unbranched alkanes of at least 4 members (excludes halogenated alkanes) is 25. The highest BCUT2D eigenvalue weighted by Crippen LogP contribution is 2.18. The molecule has 0 fully saturated rings. The molecule has 0 aliphatic rings. The van der Waals surface area contributed by atoms with E-state index in [0.29, 0.717) is 19.3 Å². The van der Waals surface area contributed by atoms with Crippen LogP contribution in [0.5, 0.6) is 0 Å². The molecular formula is C62H109NO5. The van der Waals surface area contributed by atoms with Crippen LogP contribution in [0.2, 0.25) is 0 Å². The Morgan fingerprint density at radius 1 is 0.441 bits per heavy atom. The molecule has 0 aromatic rings. The Labute approximate surface area is 421 Å². The van der Waals surface area contributed by atoms with Gasteiger partial charge >= 0.3 is 5.97 Å². The average Bonchev–Trinajstić information content (AvgIpc) is 3.33. The van der Waals surface area contributed by atoms with Crippen LogP contribution in [-0.4, -0.2) is 46.9 Å². The molecule has 0 spiro atoms. The summed E-state index contributed by atoms with van der Waals surface area (Å²) in [5.74, 6) is -0.517. The molecule has 0 aromatic carbocycles. The molecule has 6 nitrogen and oxygen atoms in total. The number of nitrogens with one attached hydrogen (secondary N) is 1. The first-order valence-electron chi connectivity index (χ1n) is 28.8. The van der Waals surface area contributed by atoms with Crippen LogP contribution >= 0.6 is 0 Å². The molecular weight excluding hydrogens is 839 g/mol. The van der Waals surface area contributed by atoms with Gasteiger partial charge in [0.05, 0.1) is 25.2 Å². The molecule has 392 valence electrons. The molecule has 1 amide bonds. The van der Waals surface area contributed by atoms with Crippen LogP contribution in [0.25, 0.3) is 0 Å². The van der Waals surface area contributed by atoms with Gasteiger partial charge in [-0.2, -0.15) is 0 Å². The number of ether oxygens (including phenoxy) is 1. The molecule has 68 heavy (non-hydrogen) atoms. The maximum Gasteiger partial charge on any atom is 0.306 e. The van der Waals surface area contributed by atoms with Crippen molar-refractivity contribution in [2.75, 3.05) is 6.61 Å². The van der Waals surface area contributed by atoms with Crippen molar-refractivity contribution in [3.63, 3.8) is 0 Å². The Balaban J connectivity index is 4.66. The monoisotopic (exact) mass is 948 g/mol. The zero-order valence-corrected chi connectivity index (χ0v) is 44.7. The average molecular weight is 949 g/mol. The summed E-state index contributed by atoms with van der Waals surface area (Å²) in [4.78, 5) is 26.3. The molecule has 3 atom stereocenters. The zero-order valence-electron chi connectivity index (χ0n) is 44.7. The van der Waals surface area contributed by atoms with Crippen LogP contribution in [0, 0.1) is 0 Å². The van der Waals surface area contributed by atoms with E-state index in [4.69, 9.17) is 4.74 Å². The van der Waals surface area contributed by atoms with Crippen molar-refractivity contribution in [2.45, 2.75) is 289 Å². The molecule has 3 N–H and O–H groups in total. The first kappa shape index (κ1) is 65.0. The van der Waals surface area contributed by atoms with Crippen molar-refractivity contribution in [3.05, 3.63) is 85.1 Å². The van der Waals surface area contributed by atoms with E-state index in [9.17, 15) is 19.8 Å². The highest BCUT2D eigenvalue weighted by molar-refractivity contribution is 5.77. The van der Waals surface area contributed by atoms with Crippen molar-refractivity contribution in [1.29, 1.82) is 0 Å². The molecule has 3 unspecified atom stereocenters. The molecule has 6 heteroatoms. The largest absolute Gasteiger partial charge is 0.462 e. The Kier molecular flexibility index (Phi) is 52.6. The molecule has 0 aliphatic heterocycles. The van der Waals surface area contributed by atoms with Crippen molar-refractivity contribution in [3.8, 4) is 0 Å². The number of carbonyl (C=O) groups excluding carboxylic acids is 2. The summed E-state index contributed by atoms with van der Waals surface area (Å²) < 4.78 is 5.95. The van der Waals surface area contributed by atoms with Gasteiger partial charge in [-0.25, -0.2) is 0 Å². The number of aliphatic hydroxyl groups is 2. The van der Waals surface area contributed by atoms with Gasteiger partial charge in [0.1, 0.15) is 6.10 Å². The number of hydrogen-bond donors (Lipinski definition) is 3. The van der Waals surface area contributed by atoms with E-state index < -0.39 is 18.2 Å². The van der Waals surface area contributed by atoms with Gasteiger partial charge in [0.25, 0.3) is 0 Å². The second-order valence-corrected chi connectivity index (χ2v) is 19.3. The minimum atomic E-state index is -0.800. The predicted molar refractivity (Wildman–Crippen MR) is 296 cm³/mol. The summed E-state index contributed by atoms with van der Waals surface area (Å²) >= 11 is 0. The SMILES string of the molecule is CC/C=C\C/C=C\C/C=C\C/C=C\C/C=C\CCCCCC(=O)OC(CCCCCCCCC/C=C\C/C=C\CCCCC)CC(=O)NC(CO)C(O)CCCCCCCCCCCCCCC. The topological polar surface area (TPSA) is 95.9 Å². The number of amides is 1. The number of esters is 1. The minimum absolute atomic E-state index is 0.0555. The quantitative estimate of drug-likeness (QED) is 0.0321. The molecule has 0 radical (unpaired) electrons. The number of rotatable bonds is 51. The van der Waals surface area contributed by atoms with E-state index in [2.05, 4.69) is 111 Å². The summed E-state index contributed by atoms with van der Waals surface area (Å²) in [5, 5.41) is 23.9. The van der Waals surface area contributed by atoms with Crippen molar-refractivity contribution in [2.24, 2.45) is 0 Å². The van der Waals surface area contributed by atoms with E-state index in [0.717, 1.165) is 109 Å². The van der Waals surface area contributed by atoms with Crippen LogP contribution in [0.15, 0.2) is 85.1 Å². The lowest BCUT2D eigenvalue weighted by Crippen LogP contribution is -2.46. The van der Waals surface area contributed by atoms with Crippen molar-refractivity contribution >= 4 is 11.9 Å². The van der Waals surface area contributed by atoms with Gasteiger partial charge in [0.2, 0.25) is 5.91 Å². The van der Waals surface area contributed by atoms with Crippen LogP contribution in [-0.2, 0) is 14.3 Å². The number of aliphatic hydroxyl groups excluding tert-OH is 2. The lowest BCUT2D eigenvalue weighted by Gasteiger charge is -2.24. The summed E-state index contributed by atoms with van der Waals surface area (Å²) in [6.45, 7) is 6.35. The van der Waals surface area contributed by atoms with Gasteiger partial charge in [-0.1, -0.05) is 241 Å². The van der Waals surface area contributed by atoms with Gasteiger partial charge in [-0.15, -0.1) is 0 Å². The van der Waals surface area contributed by atoms with E-state index in [1.54, 1.807) is 0 Å². The van der Waals surface area contributed by atoms with Crippen molar-refractivity contribution < 1.29 is 24.5 Å². The van der Waals surface area contributed by atoms with Gasteiger partial charge in [0.15, 0.2) is 0 Å². The smallest absolute Gasteiger partial charge is 0.306 e. The van der Waals surface area contributed by atoms with Crippen LogP contribution < -0.4 is 5.32 Å². The Morgan fingerprint density at radius 3 is 1.24 bits per heavy atom. The number of carbonyl (C=O) groups is 2. The maximum atomic E-state index is 13.3. The van der Waals surface area contributed by atoms with E-state index in [1.165, 1.54) is 116 Å². The summed E-state index contributed by atoms with van der Waals surface area (Å²) in [5.41, 5.74) is 0. The second kappa shape index (κ2) is 55.0. The maximum absolute atomic E-state index is 13.3. The first-order chi connectivity index (χ1) is 33.5. The third-order valence-corrected chi connectivity index (χ3v) is 12.7. The van der Waals surface area contributed by atoms with E-state index in [-0.39, 0.29) is 24.9 Å². The number of hydrogen-bond acceptors (Lipinski definition) is 5. The van der Waals surface area contributed by atoms with Crippen LogP contribution in [0.3, 0.4) is 0 Å². The molecule has 0 aliphatic carbocycles. The third-order valence-electron chi connectivity index (χ3n) is 12.7. The van der Waals surface area contributed by atoms with Crippen LogP contribution in [0.4, 0.5) is 0 Å². The molecule has 0 rings (SSSR count). The normalized spacial score (nSPS) is 13.8. The lowest BCUT2D eigenvalue weighted by molar-refractivity contribution is -0.151.